The third-order valence-electron chi connectivity index (χ3n) is 0. The fourth-order valence-electron chi connectivity index (χ4n) is 0. The molecule has 0 aliphatic rings. The first-order valence-electron chi connectivity index (χ1n) is 0.890. The van der Waals surface area contributed by atoms with Crippen LogP contribution < -0.4 is 0 Å². The molecular formula is AgAuCl3NO3. The molecule has 9 heavy (non-hydrogen) atoms. The van der Waals surface area contributed by atoms with E-state index in [2.05, 4.69) is 0 Å². The fourth-order valence-corrected chi connectivity index (χ4v) is 0. The molecule has 0 heterocycles. The normalized spacial score (nSPS) is 7.67. The molecule has 0 spiro atoms. The Morgan fingerprint density at radius 3 is 1.22 bits per heavy atom. The molecule has 4 nitrogen and oxygen atoms in total. The van der Waals surface area contributed by atoms with Crippen LogP contribution >= 0.6 is 27.6 Å². The molecule has 0 saturated heterocycles. The molecule has 0 aromatic carbocycles. The van der Waals surface area contributed by atoms with Gasteiger partial charge in [0.05, 0.1) is 5.09 Å². The molecule has 0 amide bonds. The van der Waals surface area contributed by atoms with Crippen molar-refractivity contribution in [1.29, 1.82) is 0 Å². The molecule has 0 N–H and O–H groups in total. The molecule has 0 aromatic heterocycles. The average Bonchev–Trinajstić information content (AvgIpc) is 1.25. The zero-order valence-corrected chi connectivity index (χ0v) is 9.33. The SMILES string of the molecule is O=[N+]([O-])[O-].[Ag+].[Cl][Au]([Cl])[Cl]. The van der Waals surface area contributed by atoms with Gasteiger partial charge in [0.25, 0.3) is 0 Å². The van der Waals surface area contributed by atoms with E-state index in [-0.39, 0.29) is 22.4 Å². The van der Waals surface area contributed by atoms with Crippen LogP contribution in [0.2, 0.25) is 0 Å². The van der Waals surface area contributed by atoms with Crippen LogP contribution in [0.5, 0.6) is 0 Å². The van der Waals surface area contributed by atoms with Crippen molar-refractivity contribution >= 4 is 27.6 Å². The summed E-state index contributed by atoms with van der Waals surface area (Å²) in [5.74, 6) is 0. The zero-order chi connectivity index (χ0) is 7.15. The number of halogens is 3. The second-order valence-electron chi connectivity index (χ2n) is 0.353. The van der Waals surface area contributed by atoms with Crippen LogP contribution in [-0.4, -0.2) is 5.09 Å². The van der Waals surface area contributed by atoms with Gasteiger partial charge in [-0.15, -0.1) is 0 Å². The van der Waals surface area contributed by atoms with Gasteiger partial charge in [0.2, 0.25) is 0 Å². The maximum absolute atomic E-state index is 8.25. The van der Waals surface area contributed by atoms with E-state index in [1.807, 2.05) is 0 Å². The van der Waals surface area contributed by atoms with Crippen LogP contribution in [0.25, 0.3) is 0 Å². The summed E-state index contributed by atoms with van der Waals surface area (Å²) in [6, 6.07) is 0. The fraction of sp³-hybridized carbons (Fsp3) is 0. The summed E-state index contributed by atoms with van der Waals surface area (Å²) in [6.45, 7) is 0. The molecule has 0 radical (unpaired) electrons. The van der Waals surface area contributed by atoms with E-state index in [0.29, 0.717) is 0 Å². The summed E-state index contributed by atoms with van der Waals surface area (Å²) in [4.78, 5) is 8.25. The molecular weight excluding hydrogens is 473 g/mol. The molecule has 66 valence electrons. The topological polar surface area (TPSA) is 66.2 Å². The number of rotatable bonds is 0. The van der Waals surface area contributed by atoms with Crippen LogP contribution in [0.1, 0.15) is 0 Å². The van der Waals surface area contributed by atoms with E-state index in [1.54, 1.807) is 0 Å². The first-order chi connectivity index (χ1) is 3.46. The third-order valence-corrected chi connectivity index (χ3v) is 0. The van der Waals surface area contributed by atoms with Crippen molar-refractivity contribution in [3.8, 4) is 0 Å². The van der Waals surface area contributed by atoms with Crippen molar-refractivity contribution in [3.05, 3.63) is 15.3 Å². The van der Waals surface area contributed by atoms with Crippen molar-refractivity contribution in [2.24, 2.45) is 0 Å². The Morgan fingerprint density at radius 1 is 1.22 bits per heavy atom. The Hall–Kier alpha value is 1.55. The van der Waals surface area contributed by atoms with Gasteiger partial charge in [0.1, 0.15) is 0 Å². The van der Waals surface area contributed by atoms with E-state index >= 15 is 0 Å². The van der Waals surface area contributed by atoms with Crippen molar-refractivity contribution in [1.82, 2.24) is 0 Å². The Balaban J connectivity index is -0.0000000720. The van der Waals surface area contributed by atoms with E-state index < -0.39 is 20.3 Å². The van der Waals surface area contributed by atoms with Crippen molar-refractivity contribution in [2.45, 2.75) is 0 Å². The molecule has 0 rings (SSSR count). The summed E-state index contributed by atoms with van der Waals surface area (Å²) >= 11 is -1.79. The van der Waals surface area contributed by atoms with Gasteiger partial charge < -0.3 is 15.3 Å². The van der Waals surface area contributed by atoms with Gasteiger partial charge >= 0.3 is 65.1 Å². The molecule has 0 unspecified atom stereocenters. The van der Waals surface area contributed by atoms with Gasteiger partial charge in [0, 0.05) is 0 Å². The molecule has 0 aliphatic heterocycles. The van der Waals surface area contributed by atoms with E-state index in [0.717, 1.165) is 0 Å². The summed E-state index contributed by atoms with van der Waals surface area (Å²) in [5, 5.41) is 14.8. The predicted octanol–water partition coefficient (Wildman–Crippen LogP) is 1.82. The maximum atomic E-state index is 8.25. The second-order valence-corrected chi connectivity index (χ2v) is 9.74. The molecule has 0 bridgehead atoms. The Bertz CT molecular complexity index is 63.3. The molecule has 0 fully saturated rings. The first-order valence-corrected chi connectivity index (χ1v) is 8.94. The quantitative estimate of drug-likeness (QED) is 0.307. The molecule has 0 aliphatic carbocycles. The summed E-state index contributed by atoms with van der Waals surface area (Å²) in [6.07, 6.45) is 0. The molecule has 0 atom stereocenters. The van der Waals surface area contributed by atoms with E-state index in [9.17, 15) is 0 Å². The Morgan fingerprint density at radius 2 is 1.22 bits per heavy atom. The van der Waals surface area contributed by atoms with Gasteiger partial charge in [-0.1, -0.05) is 0 Å². The van der Waals surface area contributed by atoms with Crippen molar-refractivity contribution in [2.75, 3.05) is 0 Å². The second kappa shape index (κ2) is 12.2. The van der Waals surface area contributed by atoms with Crippen LogP contribution in [0.3, 0.4) is 0 Å². The van der Waals surface area contributed by atoms with Gasteiger partial charge in [0.15, 0.2) is 0 Å². The van der Waals surface area contributed by atoms with Gasteiger partial charge in [-0.05, 0) is 0 Å². The Labute approximate surface area is 84.7 Å². The molecule has 0 saturated carbocycles. The zero-order valence-electron chi connectivity index (χ0n) is 3.41. The monoisotopic (exact) mass is 471 g/mol. The standard InChI is InChI=1S/Ag.Au.3ClH.NO3/c;;;;;2-1(3)4/h;;3*1H;/q+1;+3;;;;-1/p-3. The summed E-state index contributed by atoms with van der Waals surface area (Å²) in [5.41, 5.74) is 0. The number of nitrogens with zero attached hydrogens (tertiary/aromatic N) is 1. The summed E-state index contributed by atoms with van der Waals surface area (Å²) in [7, 11) is 14.9. The van der Waals surface area contributed by atoms with Crippen LogP contribution in [-0.2, 0) is 37.6 Å². The molecule has 9 heteroatoms. The van der Waals surface area contributed by atoms with Crippen molar-refractivity contribution < 1.29 is 42.7 Å². The van der Waals surface area contributed by atoms with Crippen LogP contribution in [0.4, 0.5) is 0 Å². The minimum atomic E-state index is -1.79. The number of hydrogen-bond donors (Lipinski definition) is 0. The molecule has 0 aromatic rings. The van der Waals surface area contributed by atoms with E-state index in [4.69, 9.17) is 42.9 Å². The van der Waals surface area contributed by atoms with Crippen molar-refractivity contribution in [3.63, 3.8) is 0 Å². The van der Waals surface area contributed by atoms with Gasteiger partial charge in [-0.25, -0.2) is 0 Å². The van der Waals surface area contributed by atoms with Gasteiger partial charge in [-0.3, -0.25) is 0 Å². The first kappa shape index (κ1) is 16.9. The minimum absolute atomic E-state index is 0. The average molecular weight is 473 g/mol. The van der Waals surface area contributed by atoms with Crippen LogP contribution in [0.15, 0.2) is 0 Å². The van der Waals surface area contributed by atoms with E-state index in [1.165, 1.54) is 0 Å². The predicted molar refractivity (Wildman–Crippen MR) is 27.9 cm³/mol. The third kappa shape index (κ3) is 226. The number of hydrogen-bond acceptors (Lipinski definition) is 3. The van der Waals surface area contributed by atoms with Crippen LogP contribution in [0, 0.1) is 15.3 Å². The Kier molecular flexibility index (Phi) is 23.0. The van der Waals surface area contributed by atoms with Gasteiger partial charge in [-0.2, -0.15) is 0 Å². The summed E-state index contributed by atoms with van der Waals surface area (Å²) < 4.78 is 0.